The Morgan fingerprint density at radius 3 is 2.65 bits per heavy atom. The first kappa shape index (κ1) is 15.9. The molecule has 126 valence electrons. The molecule has 0 aromatic carbocycles. The van der Waals surface area contributed by atoms with E-state index in [0.717, 1.165) is 12.8 Å². The van der Waals surface area contributed by atoms with E-state index < -0.39 is 6.10 Å². The normalized spacial score (nSPS) is 20.9. The van der Waals surface area contributed by atoms with Gasteiger partial charge in [-0.15, -0.1) is 0 Å². The Labute approximate surface area is 135 Å². The van der Waals surface area contributed by atoms with E-state index in [9.17, 15) is 9.90 Å². The number of hydrogen-bond donors (Lipinski definition) is 1. The average Bonchev–Trinajstić information content (AvgIpc) is 3.00. The first-order chi connectivity index (χ1) is 11.1. The zero-order valence-corrected chi connectivity index (χ0v) is 13.6. The van der Waals surface area contributed by atoms with Gasteiger partial charge < -0.3 is 24.0 Å². The van der Waals surface area contributed by atoms with Gasteiger partial charge in [-0.3, -0.25) is 4.79 Å². The van der Waals surface area contributed by atoms with Crippen molar-refractivity contribution in [1.82, 2.24) is 14.5 Å². The smallest absolute Gasteiger partial charge is 0.292 e. The van der Waals surface area contributed by atoms with Crippen molar-refractivity contribution < 1.29 is 19.4 Å². The van der Waals surface area contributed by atoms with Crippen LogP contribution in [0.3, 0.4) is 0 Å². The molecule has 1 saturated heterocycles. The Bertz CT molecular complexity index is 602. The third-order valence-corrected chi connectivity index (χ3v) is 4.56. The maximum Gasteiger partial charge on any atom is 0.292 e. The highest BCUT2D eigenvalue weighted by molar-refractivity contribution is 5.92. The minimum absolute atomic E-state index is 0.110. The van der Waals surface area contributed by atoms with Gasteiger partial charge in [0.1, 0.15) is 30.9 Å². The van der Waals surface area contributed by atoms with Gasteiger partial charge in [-0.05, 0) is 25.7 Å². The summed E-state index contributed by atoms with van der Waals surface area (Å²) in [5.41, 5.74) is 0. The fourth-order valence-electron chi connectivity index (χ4n) is 3.15. The molecule has 1 amide bonds. The zero-order chi connectivity index (χ0) is 16.4. The molecule has 0 radical (unpaired) electrons. The molecule has 1 fully saturated rings. The van der Waals surface area contributed by atoms with Crippen LogP contribution in [0.25, 0.3) is 0 Å². The molecule has 0 aliphatic carbocycles. The van der Waals surface area contributed by atoms with Gasteiger partial charge in [0, 0.05) is 32.5 Å². The van der Waals surface area contributed by atoms with Crippen LogP contribution in [0.4, 0.5) is 0 Å². The van der Waals surface area contributed by atoms with E-state index in [4.69, 9.17) is 9.47 Å². The number of nitrogens with zero attached hydrogens (tertiary/aromatic N) is 3. The summed E-state index contributed by atoms with van der Waals surface area (Å²) in [7, 11) is 1.87. The van der Waals surface area contributed by atoms with Crippen LogP contribution in [-0.2, 0) is 21.3 Å². The van der Waals surface area contributed by atoms with Crippen LogP contribution in [0.1, 0.15) is 31.7 Å². The number of likely N-dealkylation sites (tertiary alicyclic amines) is 1. The van der Waals surface area contributed by atoms with E-state index in [1.165, 1.54) is 0 Å². The predicted molar refractivity (Wildman–Crippen MR) is 82.1 cm³/mol. The summed E-state index contributed by atoms with van der Waals surface area (Å²) in [4.78, 5) is 18.5. The van der Waals surface area contributed by atoms with Gasteiger partial charge in [-0.1, -0.05) is 0 Å². The molecule has 3 rings (SSSR count). The molecule has 1 N–H and O–H groups in total. The van der Waals surface area contributed by atoms with E-state index >= 15 is 0 Å². The quantitative estimate of drug-likeness (QED) is 0.898. The Kier molecular flexibility index (Phi) is 4.56. The number of aliphatic hydroxyl groups excluding tert-OH is 1. The second-order valence-electron chi connectivity index (χ2n) is 6.05. The third kappa shape index (κ3) is 3.19. The van der Waals surface area contributed by atoms with E-state index in [-0.39, 0.29) is 11.8 Å². The fraction of sp³-hybridized carbons (Fsp3) is 0.625. The van der Waals surface area contributed by atoms with Gasteiger partial charge in [0.05, 0.1) is 0 Å². The van der Waals surface area contributed by atoms with Crippen molar-refractivity contribution in [3.8, 4) is 0 Å². The fourth-order valence-corrected chi connectivity index (χ4v) is 3.15. The number of imidazole rings is 1. The number of ether oxygens (including phenoxy) is 2. The van der Waals surface area contributed by atoms with Gasteiger partial charge in [-0.25, -0.2) is 4.98 Å². The van der Waals surface area contributed by atoms with Gasteiger partial charge in [0.25, 0.3) is 5.91 Å². The van der Waals surface area contributed by atoms with Crippen LogP contribution in [-0.4, -0.2) is 51.8 Å². The minimum Gasteiger partial charge on any atom is -0.491 e. The summed E-state index contributed by atoms with van der Waals surface area (Å²) < 4.78 is 12.7. The first-order valence-electron chi connectivity index (χ1n) is 7.99. The molecule has 0 bridgehead atoms. The summed E-state index contributed by atoms with van der Waals surface area (Å²) in [5, 5.41) is 10.5. The maximum atomic E-state index is 12.5. The number of aryl methyl sites for hydroxylation is 1. The van der Waals surface area contributed by atoms with Crippen molar-refractivity contribution >= 4 is 5.91 Å². The molecule has 1 aromatic heterocycles. The second-order valence-corrected chi connectivity index (χ2v) is 6.05. The molecule has 3 heterocycles. The Hall–Kier alpha value is -2.02. The molecule has 7 heteroatoms. The average molecular weight is 321 g/mol. The number of amides is 1. The molecule has 23 heavy (non-hydrogen) atoms. The maximum absolute atomic E-state index is 12.5. The second kappa shape index (κ2) is 6.62. The van der Waals surface area contributed by atoms with Gasteiger partial charge in [0.2, 0.25) is 5.76 Å². The van der Waals surface area contributed by atoms with Crippen LogP contribution in [0.5, 0.6) is 0 Å². The van der Waals surface area contributed by atoms with Crippen molar-refractivity contribution in [2.24, 2.45) is 13.0 Å². The van der Waals surface area contributed by atoms with Crippen molar-refractivity contribution in [3.05, 3.63) is 29.7 Å². The number of allylic oxidation sites excluding steroid dienone is 1. The number of hydrogen-bond acceptors (Lipinski definition) is 5. The molecule has 1 unspecified atom stereocenters. The number of aliphatic hydroxyl groups is 1. The summed E-state index contributed by atoms with van der Waals surface area (Å²) in [6, 6.07) is 0. The van der Waals surface area contributed by atoms with Crippen molar-refractivity contribution in [2.45, 2.75) is 25.9 Å². The van der Waals surface area contributed by atoms with Crippen molar-refractivity contribution in [2.75, 3.05) is 26.3 Å². The summed E-state index contributed by atoms with van der Waals surface area (Å²) in [5.74, 6) is 1.54. The highest BCUT2D eigenvalue weighted by Gasteiger charge is 2.32. The van der Waals surface area contributed by atoms with Crippen LogP contribution in [0.2, 0.25) is 0 Å². The van der Waals surface area contributed by atoms with E-state index in [1.807, 2.05) is 17.8 Å². The largest absolute Gasteiger partial charge is 0.491 e. The molecule has 1 atom stereocenters. The number of aromatic nitrogens is 2. The molecule has 0 spiro atoms. The molecule has 2 aliphatic rings. The summed E-state index contributed by atoms with van der Waals surface area (Å²) in [6.07, 6.45) is 4.40. The molecular formula is C16H23N3O4. The lowest BCUT2D eigenvalue weighted by Gasteiger charge is -2.34. The van der Waals surface area contributed by atoms with Crippen LogP contribution >= 0.6 is 0 Å². The Balaban J connectivity index is 1.60. The number of carbonyl (C=O) groups excluding carboxylic acids is 1. The molecule has 0 saturated carbocycles. The van der Waals surface area contributed by atoms with Crippen LogP contribution in [0.15, 0.2) is 23.9 Å². The zero-order valence-electron chi connectivity index (χ0n) is 13.6. The SMILES string of the molecule is CC1=C(C(=O)N2CCC(C(O)c3nccn3C)CC2)OCCO1. The highest BCUT2D eigenvalue weighted by Crippen LogP contribution is 2.30. The van der Waals surface area contributed by atoms with Gasteiger partial charge in [0.15, 0.2) is 0 Å². The highest BCUT2D eigenvalue weighted by atomic mass is 16.6. The van der Waals surface area contributed by atoms with Crippen LogP contribution in [0, 0.1) is 5.92 Å². The lowest BCUT2D eigenvalue weighted by atomic mass is 9.90. The minimum atomic E-state index is -0.595. The van der Waals surface area contributed by atoms with Crippen molar-refractivity contribution in [1.29, 1.82) is 0 Å². The van der Waals surface area contributed by atoms with Gasteiger partial charge in [-0.2, -0.15) is 0 Å². The Morgan fingerprint density at radius 1 is 1.35 bits per heavy atom. The molecule has 7 nitrogen and oxygen atoms in total. The van der Waals surface area contributed by atoms with Crippen molar-refractivity contribution in [3.63, 3.8) is 0 Å². The topological polar surface area (TPSA) is 76.8 Å². The summed E-state index contributed by atoms with van der Waals surface area (Å²) in [6.45, 7) is 3.85. The third-order valence-electron chi connectivity index (χ3n) is 4.56. The predicted octanol–water partition coefficient (Wildman–Crippen LogP) is 0.970. The molecule has 1 aromatic rings. The first-order valence-corrected chi connectivity index (χ1v) is 7.99. The van der Waals surface area contributed by atoms with Crippen LogP contribution < -0.4 is 0 Å². The lowest BCUT2D eigenvalue weighted by molar-refractivity contribution is -0.134. The number of carbonyl (C=O) groups is 1. The lowest BCUT2D eigenvalue weighted by Crippen LogP contribution is -2.42. The molecule has 2 aliphatic heterocycles. The summed E-state index contributed by atoms with van der Waals surface area (Å²) >= 11 is 0. The number of piperidine rings is 1. The Morgan fingerprint density at radius 2 is 2.04 bits per heavy atom. The van der Waals surface area contributed by atoms with Gasteiger partial charge >= 0.3 is 0 Å². The van der Waals surface area contributed by atoms with E-state index in [1.54, 1.807) is 18.0 Å². The monoisotopic (exact) mass is 321 g/mol. The number of rotatable bonds is 3. The van der Waals surface area contributed by atoms with E-state index in [2.05, 4.69) is 4.98 Å². The molecular weight excluding hydrogens is 298 g/mol. The standard InChI is InChI=1S/C16H23N3O4/c1-11-14(23-10-9-22-11)16(21)19-6-3-12(4-7-19)13(20)15-17-5-8-18(15)2/h5,8,12-13,20H,3-4,6-7,9-10H2,1-2H3. The van der Waals surface area contributed by atoms with E-state index in [0.29, 0.717) is 43.6 Å².